The minimum absolute atomic E-state index is 0.0726. The molecule has 9 heteroatoms. The number of carbonyl (C=O) groups excluding carboxylic acids is 1. The highest BCUT2D eigenvalue weighted by Gasteiger charge is 2.22. The molecule has 1 amide bonds. The summed E-state index contributed by atoms with van der Waals surface area (Å²) in [7, 11) is 1.70. The van der Waals surface area contributed by atoms with E-state index >= 15 is 0 Å². The number of nitrogens with one attached hydrogen (secondary N) is 2. The lowest BCUT2D eigenvalue weighted by Crippen LogP contribution is -2.15. The molecule has 9 nitrogen and oxygen atoms in total. The van der Waals surface area contributed by atoms with Crippen molar-refractivity contribution in [1.29, 1.82) is 0 Å². The molecule has 0 saturated heterocycles. The Morgan fingerprint density at radius 2 is 2.24 bits per heavy atom. The van der Waals surface area contributed by atoms with Gasteiger partial charge in [0.1, 0.15) is 17.6 Å². The first kappa shape index (κ1) is 14.4. The quantitative estimate of drug-likeness (QED) is 0.635. The monoisotopic (exact) mass is 290 g/mol. The third-order valence-corrected chi connectivity index (χ3v) is 2.64. The maximum absolute atomic E-state index is 12.2. The van der Waals surface area contributed by atoms with E-state index < -0.39 is 10.8 Å². The van der Waals surface area contributed by atoms with Gasteiger partial charge in [-0.1, -0.05) is 0 Å². The smallest absolute Gasteiger partial charge is 0.300 e. The van der Waals surface area contributed by atoms with Crippen LogP contribution in [-0.2, 0) is 7.05 Å². The van der Waals surface area contributed by atoms with E-state index in [9.17, 15) is 14.9 Å². The van der Waals surface area contributed by atoms with Crippen LogP contribution in [0.25, 0.3) is 0 Å². The van der Waals surface area contributed by atoms with Gasteiger partial charge >= 0.3 is 0 Å². The van der Waals surface area contributed by atoms with Gasteiger partial charge in [-0.25, -0.2) is 4.98 Å². The van der Waals surface area contributed by atoms with Crippen LogP contribution in [0.4, 0.5) is 17.3 Å². The number of anilines is 2. The van der Waals surface area contributed by atoms with Crippen LogP contribution in [0.3, 0.4) is 0 Å². The number of pyridine rings is 1. The predicted octanol–water partition coefficient (Wildman–Crippen LogP) is 1.41. The summed E-state index contributed by atoms with van der Waals surface area (Å²) in [5.74, 6) is 0.106. The van der Waals surface area contributed by atoms with Crippen molar-refractivity contribution in [2.45, 2.75) is 6.92 Å². The normalized spacial score (nSPS) is 10.2. The molecule has 0 aliphatic rings. The molecule has 0 aliphatic carbocycles. The van der Waals surface area contributed by atoms with Gasteiger partial charge in [-0.3, -0.25) is 19.6 Å². The first-order chi connectivity index (χ1) is 10.0. The molecular weight excluding hydrogens is 276 g/mol. The van der Waals surface area contributed by atoms with Gasteiger partial charge < -0.3 is 10.6 Å². The summed E-state index contributed by atoms with van der Waals surface area (Å²) in [5.41, 5.74) is -0.429. The van der Waals surface area contributed by atoms with Gasteiger partial charge in [0.05, 0.1) is 4.92 Å². The molecule has 0 atom stereocenters. The summed E-state index contributed by atoms with van der Waals surface area (Å²) >= 11 is 0. The van der Waals surface area contributed by atoms with Crippen LogP contribution in [0, 0.1) is 10.1 Å². The summed E-state index contributed by atoms with van der Waals surface area (Å²) in [6.45, 7) is 2.45. The molecule has 0 aliphatic heterocycles. The van der Waals surface area contributed by atoms with Gasteiger partial charge in [0.15, 0.2) is 5.82 Å². The average molecular weight is 290 g/mol. The lowest BCUT2D eigenvalue weighted by Gasteiger charge is -2.06. The van der Waals surface area contributed by atoms with Crippen molar-refractivity contribution in [3.63, 3.8) is 0 Å². The van der Waals surface area contributed by atoms with Crippen LogP contribution in [0.1, 0.15) is 17.3 Å². The number of aryl methyl sites for hydroxylation is 1. The standard InChI is InChI=1S/C12H14N6O3/c1-3-13-11-6-8(9(7-14-11)18(20)21)12(19)15-10-4-5-17(2)16-10/h4-7H,3H2,1-2H3,(H,13,14)(H,15,16,19). The van der Waals surface area contributed by atoms with Crippen LogP contribution < -0.4 is 10.6 Å². The molecule has 0 fully saturated rings. The Bertz CT molecular complexity index is 681. The van der Waals surface area contributed by atoms with Gasteiger partial charge in [-0.05, 0) is 6.92 Å². The summed E-state index contributed by atoms with van der Waals surface area (Å²) in [6, 6.07) is 2.94. The largest absolute Gasteiger partial charge is 0.370 e. The minimum Gasteiger partial charge on any atom is -0.370 e. The number of carbonyl (C=O) groups is 1. The summed E-state index contributed by atoms with van der Waals surface area (Å²) in [5, 5.41) is 20.4. The zero-order valence-electron chi connectivity index (χ0n) is 11.5. The van der Waals surface area contributed by atoms with Crippen LogP contribution in [0.15, 0.2) is 24.5 Å². The predicted molar refractivity (Wildman–Crippen MR) is 76.2 cm³/mol. The highest BCUT2D eigenvalue weighted by Crippen LogP contribution is 2.21. The second-order valence-electron chi connectivity index (χ2n) is 4.20. The van der Waals surface area contributed by atoms with E-state index in [0.29, 0.717) is 18.2 Å². The lowest BCUT2D eigenvalue weighted by atomic mass is 10.2. The van der Waals surface area contributed by atoms with E-state index in [1.165, 1.54) is 10.7 Å². The molecule has 2 N–H and O–H groups in total. The third-order valence-electron chi connectivity index (χ3n) is 2.64. The molecule has 2 aromatic rings. The number of nitrogens with zero attached hydrogens (tertiary/aromatic N) is 4. The number of aromatic nitrogens is 3. The number of hydrogen-bond donors (Lipinski definition) is 2. The van der Waals surface area contributed by atoms with E-state index in [-0.39, 0.29) is 11.3 Å². The molecule has 110 valence electrons. The maximum atomic E-state index is 12.2. The van der Waals surface area contributed by atoms with Crippen LogP contribution in [0.5, 0.6) is 0 Å². The lowest BCUT2D eigenvalue weighted by molar-refractivity contribution is -0.385. The number of nitro groups is 1. The Labute approximate surface area is 120 Å². The van der Waals surface area contributed by atoms with Crippen molar-refractivity contribution in [2.75, 3.05) is 17.2 Å². The zero-order valence-corrected chi connectivity index (χ0v) is 11.5. The highest BCUT2D eigenvalue weighted by atomic mass is 16.6. The van der Waals surface area contributed by atoms with Crippen molar-refractivity contribution in [3.05, 3.63) is 40.2 Å². The molecular formula is C12H14N6O3. The Balaban J connectivity index is 2.32. The fraction of sp³-hybridized carbons (Fsp3) is 0.250. The molecule has 0 unspecified atom stereocenters. The Morgan fingerprint density at radius 1 is 1.48 bits per heavy atom. The number of amides is 1. The Morgan fingerprint density at radius 3 is 2.81 bits per heavy atom. The molecule has 0 saturated carbocycles. The zero-order chi connectivity index (χ0) is 15.4. The van der Waals surface area contributed by atoms with Crippen LogP contribution >= 0.6 is 0 Å². The number of rotatable bonds is 5. The molecule has 2 heterocycles. The Kier molecular flexibility index (Phi) is 4.12. The first-order valence-corrected chi connectivity index (χ1v) is 6.20. The first-order valence-electron chi connectivity index (χ1n) is 6.20. The fourth-order valence-electron chi connectivity index (χ4n) is 1.72. The van der Waals surface area contributed by atoms with Crippen molar-refractivity contribution >= 4 is 23.2 Å². The van der Waals surface area contributed by atoms with Crippen molar-refractivity contribution in [1.82, 2.24) is 14.8 Å². The van der Waals surface area contributed by atoms with Crippen molar-refractivity contribution in [3.8, 4) is 0 Å². The van der Waals surface area contributed by atoms with Crippen molar-refractivity contribution in [2.24, 2.45) is 7.05 Å². The summed E-state index contributed by atoms with van der Waals surface area (Å²) in [4.78, 5) is 26.4. The average Bonchev–Trinajstić information content (AvgIpc) is 2.84. The van der Waals surface area contributed by atoms with Crippen molar-refractivity contribution < 1.29 is 9.72 Å². The van der Waals surface area contributed by atoms with Crippen LogP contribution in [0.2, 0.25) is 0 Å². The van der Waals surface area contributed by atoms with Gasteiger partial charge in [-0.2, -0.15) is 5.10 Å². The van der Waals surface area contributed by atoms with Gasteiger partial charge in [0.25, 0.3) is 11.6 Å². The molecule has 0 aromatic carbocycles. The molecule has 2 aromatic heterocycles. The number of hydrogen-bond acceptors (Lipinski definition) is 6. The SMILES string of the molecule is CCNc1cc(C(=O)Nc2ccn(C)n2)c([N+](=O)[O-])cn1. The summed E-state index contributed by atoms with van der Waals surface area (Å²) < 4.78 is 1.51. The van der Waals surface area contributed by atoms with E-state index in [0.717, 1.165) is 6.20 Å². The second kappa shape index (κ2) is 5.99. The fourth-order valence-corrected chi connectivity index (χ4v) is 1.72. The van der Waals surface area contributed by atoms with E-state index in [4.69, 9.17) is 0 Å². The Hall–Kier alpha value is -2.97. The third kappa shape index (κ3) is 3.32. The van der Waals surface area contributed by atoms with Crippen LogP contribution in [-0.4, -0.2) is 32.1 Å². The second-order valence-corrected chi connectivity index (χ2v) is 4.20. The van der Waals surface area contributed by atoms with E-state index in [1.54, 1.807) is 19.3 Å². The molecule has 21 heavy (non-hydrogen) atoms. The van der Waals surface area contributed by atoms with Gasteiger partial charge in [0.2, 0.25) is 0 Å². The summed E-state index contributed by atoms with van der Waals surface area (Å²) in [6.07, 6.45) is 2.71. The minimum atomic E-state index is -0.643. The van der Waals surface area contributed by atoms with Gasteiger partial charge in [-0.15, -0.1) is 0 Å². The topological polar surface area (TPSA) is 115 Å². The molecule has 2 rings (SSSR count). The molecule has 0 bridgehead atoms. The van der Waals surface area contributed by atoms with E-state index in [1.807, 2.05) is 6.92 Å². The molecule has 0 radical (unpaired) electrons. The van der Waals surface area contributed by atoms with E-state index in [2.05, 4.69) is 20.7 Å². The highest BCUT2D eigenvalue weighted by molar-refractivity contribution is 6.07. The maximum Gasteiger partial charge on any atom is 0.300 e. The molecule has 0 spiro atoms. The van der Waals surface area contributed by atoms with Gasteiger partial charge in [0, 0.05) is 31.9 Å².